The summed E-state index contributed by atoms with van der Waals surface area (Å²) in [4.78, 5) is 22.4. The highest BCUT2D eigenvalue weighted by Crippen LogP contribution is 2.25. The second-order valence-electron chi connectivity index (χ2n) is 8.02. The second-order valence-corrected chi connectivity index (χ2v) is 8.02. The van der Waals surface area contributed by atoms with Crippen LogP contribution >= 0.6 is 0 Å². The third kappa shape index (κ3) is 3.85. The zero-order chi connectivity index (χ0) is 19.0. The van der Waals surface area contributed by atoms with Gasteiger partial charge < -0.3 is 9.64 Å². The molecule has 0 unspecified atom stereocenters. The van der Waals surface area contributed by atoms with E-state index in [4.69, 9.17) is 4.74 Å². The van der Waals surface area contributed by atoms with Crippen LogP contribution in [0.25, 0.3) is 10.9 Å². The minimum Gasteiger partial charge on any atom is -0.377 e. The van der Waals surface area contributed by atoms with Crippen molar-refractivity contribution in [2.75, 3.05) is 39.3 Å². The van der Waals surface area contributed by atoms with Crippen molar-refractivity contribution in [1.29, 1.82) is 0 Å². The minimum atomic E-state index is 0.132. The molecular weight excluding hydrogens is 338 g/mol. The van der Waals surface area contributed by atoms with Crippen LogP contribution in [0, 0.1) is 20.8 Å². The zero-order valence-electron chi connectivity index (χ0n) is 16.6. The molecule has 0 spiro atoms. The Morgan fingerprint density at radius 2 is 1.93 bits per heavy atom. The van der Waals surface area contributed by atoms with Gasteiger partial charge in [0.2, 0.25) is 0 Å². The Kier molecular flexibility index (Phi) is 5.15. The first kappa shape index (κ1) is 18.4. The molecule has 1 amide bonds. The number of ether oxygens (including phenoxy) is 1. The number of carbonyl (C=O) groups is 1. The summed E-state index contributed by atoms with van der Waals surface area (Å²) in [5.41, 5.74) is 4.93. The third-order valence-electron chi connectivity index (χ3n) is 5.75. The smallest absolute Gasteiger partial charge is 0.254 e. The molecule has 0 N–H and O–H groups in total. The normalized spacial score (nSPS) is 21.1. The molecule has 0 bridgehead atoms. The fraction of sp³-hybridized carbons (Fsp3) is 0.545. The zero-order valence-corrected chi connectivity index (χ0v) is 16.6. The molecule has 2 aliphatic heterocycles. The molecule has 27 heavy (non-hydrogen) atoms. The van der Waals surface area contributed by atoms with Gasteiger partial charge in [-0.05, 0) is 51.3 Å². The Hall–Kier alpha value is -1.98. The molecule has 4 rings (SSSR count). The summed E-state index contributed by atoms with van der Waals surface area (Å²) in [5, 5.41) is 0.977. The quantitative estimate of drug-likeness (QED) is 0.836. The Morgan fingerprint density at radius 1 is 1.15 bits per heavy atom. The largest absolute Gasteiger partial charge is 0.377 e. The lowest BCUT2D eigenvalue weighted by Gasteiger charge is -2.36. The number of rotatable bonds is 3. The van der Waals surface area contributed by atoms with Crippen LogP contribution in [0.1, 0.15) is 40.0 Å². The standard InChI is InChI=1S/C22H29N3O2/c1-15-11-16(2)21-19(12-15)20(13-17(3)23-21)22(26)25-8-6-24(7-9-25)14-18-5-4-10-27-18/h11-13,18H,4-10,14H2,1-3H3/t18-/m1/s1. The monoisotopic (exact) mass is 367 g/mol. The first-order valence-corrected chi connectivity index (χ1v) is 10.0. The summed E-state index contributed by atoms with van der Waals surface area (Å²) in [6.45, 7) is 11.4. The Bertz CT molecular complexity index is 850. The molecule has 0 aliphatic carbocycles. The van der Waals surface area contributed by atoms with Gasteiger partial charge in [0.1, 0.15) is 0 Å². The number of nitrogens with zero attached hydrogens (tertiary/aromatic N) is 3. The molecular formula is C22H29N3O2. The van der Waals surface area contributed by atoms with E-state index in [1.54, 1.807) is 0 Å². The highest BCUT2D eigenvalue weighted by Gasteiger charge is 2.26. The summed E-state index contributed by atoms with van der Waals surface area (Å²) in [7, 11) is 0. The lowest BCUT2D eigenvalue weighted by molar-refractivity contribution is 0.0433. The van der Waals surface area contributed by atoms with Gasteiger partial charge in [-0.1, -0.05) is 11.6 Å². The van der Waals surface area contributed by atoms with Crippen LogP contribution in [0.3, 0.4) is 0 Å². The van der Waals surface area contributed by atoms with Gasteiger partial charge in [-0.3, -0.25) is 14.7 Å². The van der Waals surface area contributed by atoms with Crippen LogP contribution in [0.15, 0.2) is 18.2 Å². The van der Waals surface area contributed by atoms with E-state index in [1.165, 1.54) is 18.4 Å². The number of hydrogen-bond acceptors (Lipinski definition) is 4. The van der Waals surface area contributed by atoms with Crippen LogP contribution < -0.4 is 0 Å². The molecule has 2 fully saturated rings. The first-order chi connectivity index (χ1) is 13.0. The van der Waals surface area contributed by atoms with Crippen LogP contribution in [-0.4, -0.2) is 66.1 Å². The van der Waals surface area contributed by atoms with Gasteiger partial charge in [0.05, 0.1) is 17.2 Å². The molecule has 0 saturated carbocycles. The number of benzene rings is 1. The van der Waals surface area contributed by atoms with E-state index < -0.39 is 0 Å². The Morgan fingerprint density at radius 3 is 2.63 bits per heavy atom. The van der Waals surface area contributed by atoms with E-state index in [1.807, 2.05) is 17.9 Å². The number of hydrogen-bond donors (Lipinski definition) is 0. The molecule has 3 heterocycles. The minimum absolute atomic E-state index is 0.132. The maximum atomic E-state index is 13.3. The van der Waals surface area contributed by atoms with Crippen molar-refractivity contribution in [3.8, 4) is 0 Å². The topological polar surface area (TPSA) is 45.7 Å². The van der Waals surface area contributed by atoms with Crippen LogP contribution in [-0.2, 0) is 4.74 Å². The van der Waals surface area contributed by atoms with Gasteiger partial charge in [0.15, 0.2) is 0 Å². The van der Waals surface area contributed by atoms with E-state index in [0.717, 1.165) is 67.1 Å². The van der Waals surface area contributed by atoms with Crippen molar-refractivity contribution in [3.63, 3.8) is 0 Å². The number of amides is 1. The molecule has 2 aromatic rings. The van der Waals surface area contributed by atoms with Crippen molar-refractivity contribution < 1.29 is 9.53 Å². The van der Waals surface area contributed by atoms with Crippen molar-refractivity contribution in [1.82, 2.24) is 14.8 Å². The fourth-order valence-electron chi connectivity index (χ4n) is 4.37. The van der Waals surface area contributed by atoms with Gasteiger partial charge in [-0.2, -0.15) is 0 Å². The van der Waals surface area contributed by atoms with Crippen molar-refractivity contribution >= 4 is 16.8 Å². The number of fused-ring (bicyclic) bond motifs is 1. The SMILES string of the molecule is Cc1cc(C)c2nc(C)cc(C(=O)N3CCN(C[C@H]4CCCO4)CC3)c2c1. The fourth-order valence-corrected chi connectivity index (χ4v) is 4.37. The summed E-state index contributed by atoms with van der Waals surface area (Å²) >= 11 is 0. The molecule has 5 nitrogen and oxygen atoms in total. The van der Waals surface area contributed by atoms with Crippen LogP contribution in [0.4, 0.5) is 0 Å². The molecule has 1 aromatic heterocycles. The number of carbonyl (C=O) groups excluding carboxylic acids is 1. The van der Waals surface area contributed by atoms with Gasteiger partial charge in [0.25, 0.3) is 5.91 Å². The molecule has 2 aliphatic rings. The van der Waals surface area contributed by atoms with E-state index in [0.29, 0.717) is 6.10 Å². The Balaban J connectivity index is 1.52. The molecule has 144 valence electrons. The lowest BCUT2D eigenvalue weighted by atomic mass is 10.0. The van der Waals surface area contributed by atoms with Gasteiger partial charge in [-0.15, -0.1) is 0 Å². The van der Waals surface area contributed by atoms with Gasteiger partial charge in [0, 0.05) is 50.4 Å². The van der Waals surface area contributed by atoms with E-state index in [-0.39, 0.29) is 5.91 Å². The number of aryl methyl sites for hydroxylation is 3. The average molecular weight is 367 g/mol. The summed E-state index contributed by atoms with van der Waals surface area (Å²) in [6, 6.07) is 6.17. The Labute approximate surface area is 161 Å². The van der Waals surface area contributed by atoms with Gasteiger partial charge >= 0.3 is 0 Å². The molecule has 2 saturated heterocycles. The lowest BCUT2D eigenvalue weighted by Crippen LogP contribution is -2.50. The van der Waals surface area contributed by atoms with Crippen LogP contribution in [0.2, 0.25) is 0 Å². The van der Waals surface area contributed by atoms with Crippen molar-refractivity contribution in [3.05, 3.63) is 40.6 Å². The number of piperazine rings is 1. The van der Waals surface area contributed by atoms with E-state index >= 15 is 0 Å². The molecule has 1 atom stereocenters. The first-order valence-electron chi connectivity index (χ1n) is 10.0. The molecule has 1 aromatic carbocycles. The maximum Gasteiger partial charge on any atom is 0.254 e. The van der Waals surface area contributed by atoms with Crippen molar-refractivity contribution in [2.45, 2.75) is 39.7 Å². The van der Waals surface area contributed by atoms with E-state index in [9.17, 15) is 4.79 Å². The highest BCUT2D eigenvalue weighted by molar-refractivity contribution is 6.07. The maximum absolute atomic E-state index is 13.3. The summed E-state index contributed by atoms with van der Waals surface area (Å²) in [5.74, 6) is 0.132. The second kappa shape index (κ2) is 7.56. The van der Waals surface area contributed by atoms with Gasteiger partial charge in [-0.25, -0.2) is 0 Å². The summed E-state index contributed by atoms with van der Waals surface area (Å²) in [6.07, 6.45) is 2.72. The average Bonchev–Trinajstić information content (AvgIpc) is 3.15. The number of aromatic nitrogens is 1. The predicted octanol–water partition coefficient (Wildman–Crippen LogP) is 3.10. The number of pyridine rings is 1. The third-order valence-corrected chi connectivity index (χ3v) is 5.75. The molecule has 5 heteroatoms. The highest BCUT2D eigenvalue weighted by atomic mass is 16.5. The predicted molar refractivity (Wildman–Crippen MR) is 107 cm³/mol. The molecule has 0 radical (unpaired) electrons. The summed E-state index contributed by atoms with van der Waals surface area (Å²) < 4.78 is 5.75. The van der Waals surface area contributed by atoms with Crippen molar-refractivity contribution in [2.24, 2.45) is 0 Å². The van der Waals surface area contributed by atoms with Crippen LogP contribution in [0.5, 0.6) is 0 Å². The van der Waals surface area contributed by atoms with E-state index in [2.05, 4.69) is 35.9 Å².